The molecular weight excluding hydrogens is 400 g/mol. The van der Waals surface area contributed by atoms with Crippen LogP contribution in [0.1, 0.15) is 139 Å². The van der Waals surface area contributed by atoms with Crippen molar-refractivity contribution >= 4 is 0 Å². The van der Waals surface area contributed by atoms with E-state index in [-0.39, 0.29) is 0 Å². The van der Waals surface area contributed by atoms with Crippen LogP contribution in [0.3, 0.4) is 0 Å². The zero-order valence-corrected chi connectivity index (χ0v) is 23.8. The fourth-order valence-corrected chi connectivity index (χ4v) is 6.50. The highest BCUT2D eigenvalue weighted by Gasteiger charge is 2.29. The van der Waals surface area contributed by atoms with Crippen molar-refractivity contribution in [3.05, 3.63) is 22.3 Å². The lowest BCUT2D eigenvalue weighted by atomic mass is 9.71. The van der Waals surface area contributed by atoms with Crippen LogP contribution in [0.15, 0.2) is 22.3 Å². The Labute approximate surface area is 207 Å². The van der Waals surface area contributed by atoms with Gasteiger partial charge in [-0.3, -0.25) is 0 Å². The molecule has 0 amide bonds. The Hall–Kier alpha value is -0.600. The third-order valence-electron chi connectivity index (χ3n) is 8.87. The maximum Gasteiger partial charge on any atom is 0.00417 e. The van der Waals surface area contributed by atoms with Crippen molar-refractivity contribution in [2.45, 2.75) is 151 Å². The summed E-state index contributed by atoms with van der Waals surface area (Å²) in [7, 11) is 0. The Balaban J connectivity index is 1.52. The van der Waals surface area contributed by atoms with Crippen LogP contribution in [0.5, 0.6) is 0 Å². The van der Waals surface area contributed by atoms with Gasteiger partial charge < -0.3 is 10.6 Å². The molecule has 0 heterocycles. The lowest BCUT2D eigenvalue weighted by molar-refractivity contribution is 0.345. The fourth-order valence-electron chi connectivity index (χ4n) is 6.50. The van der Waals surface area contributed by atoms with Crippen molar-refractivity contribution in [2.24, 2.45) is 10.8 Å². The topological polar surface area (TPSA) is 24.1 Å². The normalized spacial score (nSPS) is 22.5. The fraction of sp³-hybridized carbons (Fsp3) is 0.871. The summed E-state index contributed by atoms with van der Waals surface area (Å²) in [6, 6.07) is 1.26. The number of allylic oxidation sites excluding steroid dienone is 4. The lowest BCUT2D eigenvalue weighted by Gasteiger charge is -2.35. The minimum absolute atomic E-state index is 0.425. The minimum Gasteiger partial charge on any atom is -0.314 e. The van der Waals surface area contributed by atoms with Crippen molar-refractivity contribution in [1.82, 2.24) is 10.6 Å². The Morgan fingerprint density at radius 3 is 1.42 bits per heavy atom. The van der Waals surface area contributed by atoms with Gasteiger partial charge in [0, 0.05) is 12.1 Å². The molecule has 2 aliphatic carbocycles. The largest absolute Gasteiger partial charge is 0.314 e. The first-order valence-electron chi connectivity index (χ1n) is 14.4. The highest BCUT2D eigenvalue weighted by molar-refractivity contribution is 5.23. The predicted octanol–water partition coefficient (Wildman–Crippen LogP) is 8.73. The van der Waals surface area contributed by atoms with Gasteiger partial charge in [0.1, 0.15) is 0 Å². The smallest absolute Gasteiger partial charge is 0.00417 e. The van der Waals surface area contributed by atoms with E-state index in [9.17, 15) is 0 Å². The average molecular weight is 459 g/mol. The number of rotatable bonds is 14. The van der Waals surface area contributed by atoms with Crippen LogP contribution in [-0.4, -0.2) is 25.2 Å². The standard InChI is InChI=1S/C31H58N2/c1-24-14-12-20-30(5,6)28(24)18-16-26(3)32-22-10-9-11-23-33-27(4)17-19-29-25(2)15-13-21-31(29,7)8/h26-27,32-33H,9-23H2,1-8H3. The van der Waals surface area contributed by atoms with Crippen molar-refractivity contribution < 1.29 is 0 Å². The maximum absolute atomic E-state index is 3.78. The van der Waals surface area contributed by atoms with Crippen LogP contribution in [0.4, 0.5) is 0 Å². The van der Waals surface area contributed by atoms with E-state index in [0.29, 0.717) is 22.9 Å². The van der Waals surface area contributed by atoms with E-state index in [1.165, 1.54) is 96.6 Å². The Morgan fingerprint density at radius 1 is 0.667 bits per heavy atom. The third-order valence-corrected chi connectivity index (χ3v) is 8.87. The molecule has 0 aliphatic heterocycles. The van der Waals surface area contributed by atoms with Crippen LogP contribution in [-0.2, 0) is 0 Å². The van der Waals surface area contributed by atoms with Crippen LogP contribution in [0.2, 0.25) is 0 Å². The van der Waals surface area contributed by atoms with Crippen molar-refractivity contribution in [3.63, 3.8) is 0 Å². The molecule has 2 atom stereocenters. The van der Waals surface area contributed by atoms with E-state index in [4.69, 9.17) is 0 Å². The van der Waals surface area contributed by atoms with E-state index >= 15 is 0 Å². The molecule has 0 fully saturated rings. The van der Waals surface area contributed by atoms with E-state index in [0.717, 1.165) is 0 Å². The van der Waals surface area contributed by atoms with Gasteiger partial charge in [0.25, 0.3) is 0 Å². The molecule has 33 heavy (non-hydrogen) atoms. The SMILES string of the molecule is CC1=C(CCC(C)NCCCCCNC(C)CCC2=C(C)CCCC2(C)C)C(C)(C)CCC1. The maximum atomic E-state index is 3.78. The first-order chi connectivity index (χ1) is 15.5. The second-order valence-corrected chi connectivity index (χ2v) is 12.8. The average Bonchev–Trinajstić information content (AvgIpc) is 2.71. The van der Waals surface area contributed by atoms with Crippen molar-refractivity contribution in [3.8, 4) is 0 Å². The van der Waals surface area contributed by atoms with Crippen LogP contribution in [0, 0.1) is 10.8 Å². The van der Waals surface area contributed by atoms with Crippen LogP contribution >= 0.6 is 0 Å². The first kappa shape index (κ1) is 28.6. The van der Waals surface area contributed by atoms with Gasteiger partial charge in [-0.05, 0) is 129 Å². The molecule has 0 spiro atoms. The summed E-state index contributed by atoms with van der Waals surface area (Å²) in [6.45, 7) is 21.6. The van der Waals surface area contributed by atoms with E-state index in [1.54, 1.807) is 22.3 Å². The van der Waals surface area contributed by atoms with Gasteiger partial charge in [0.05, 0.1) is 0 Å². The molecule has 0 aromatic carbocycles. The monoisotopic (exact) mass is 458 g/mol. The number of nitrogens with one attached hydrogen (secondary N) is 2. The van der Waals surface area contributed by atoms with Gasteiger partial charge in [-0.2, -0.15) is 0 Å². The molecule has 2 rings (SSSR count). The molecule has 0 saturated heterocycles. The van der Waals surface area contributed by atoms with Gasteiger partial charge in [-0.15, -0.1) is 0 Å². The summed E-state index contributed by atoms with van der Waals surface area (Å²) in [5.41, 5.74) is 7.70. The predicted molar refractivity (Wildman–Crippen MR) is 148 cm³/mol. The summed E-state index contributed by atoms with van der Waals surface area (Å²) < 4.78 is 0. The highest BCUT2D eigenvalue weighted by Crippen LogP contribution is 2.43. The Kier molecular flexibility index (Phi) is 11.7. The number of unbranched alkanes of at least 4 members (excludes halogenated alkanes) is 2. The first-order valence-corrected chi connectivity index (χ1v) is 14.4. The quantitative estimate of drug-likeness (QED) is 0.201. The van der Waals surface area contributed by atoms with E-state index in [1.807, 2.05) is 0 Å². The second kappa shape index (κ2) is 13.5. The third kappa shape index (κ3) is 9.52. The molecular formula is C31H58N2. The van der Waals surface area contributed by atoms with E-state index < -0.39 is 0 Å². The Morgan fingerprint density at radius 2 is 1.06 bits per heavy atom. The van der Waals surface area contributed by atoms with E-state index in [2.05, 4.69) is 66.0 Å². The van der Waals surface area contributed by atoms with Gasteiger partial charge >= 0.3 is 0 Å². The van der Waals surface area contributed by atoms with Gasteiger partial charge in [0.2, 0.25) is 0 Å². The molecule has 0 radical (unpaired) electrons. The number of hydrogen-bond donors (Lipinski definition) is 2. The lowest BCUT2D eigenvalue weighted by Crippen LogP contribution is -2.29. The molecule has 2 N–H and O–H groups in total. The molecule has 2 heteroatoms. The van der Waals surface area contributed by atoms with Crippen molar-refractivity contribution in [1.29, 1.82) is 0 Å². The molecule has 2 nitrogen and oxygen atoms in total. The molecule has 192 valence electrons. The summed E-state index contributed by atoms with van der Waals surface area (Å²) in [5, 5.41) is 7.57. The second-order valence-electron chi connectivity index (χ2n) is 12.8. The zero-order valence-electron chi connectivity index (χ0n) is 23.8. The molecule has 0 aromatic heterocycles. The highest BCUT2D eigenvalue weighted by atomic mass is 14.9. The van der Waals surface area contributed by atoms with Gasteiger partial charge in [-0.25, -0.2) is 0 Å². The summed E-state index contributed by atoms with van der Waals surface area (Å²) >= 11 is 0. The molecule has 0 bridgehead atoms. The van der Waals surface area contributed by atoms with Gasteiger partial charge in [0.15, 0.2) is 0 Å². The summed E-state index contributed by atoms with van der Waals surface area (Å²) in [4.78, 5) is 0. The molecule has 2 aliphatic rings. The summed E-state index contributed by atoms with van der Waals surface area (Å²) in [6.07, 6.45) is 17.2. The Bertz CT molecular complexity index is 596. The minimum atomic E-state index is 0.425. The molecule has 0 saturated carbocycles. The zero-order chi connectivity index (χ0) is 24.5. The van der Waals surface area contributed by atoms with Gasteiger partial charge in [-0.1, -0.05) is 56.4 Å². The molecule has 0 aromatic rings. The summed E-state index contributed by atoms with van der Waals surface area (Å²) in [5.74, 6) is 0. The van der Waals surface area contributed by atoms with Crippen LogP contribution < -0.4 is 10.6 Å². The van der Waals surface area contributed by atoms with Crippen molar-refractivity contribution in [2.75, 3.05) is 13.1 Å². The number of hydrogen-bond acceptors (Lipinski definition) is 2. The molecule has 2 unspecified atom stereocenters. The van der Waals surface area contributed by atoms with Crippen LogP contribution in [0.25, 0.3) is 0 Å².